The molecule has 1 fully saturated rings. The first-order chi connectivity index (χ1) is 11.2. The SMILES string of the molecule is CCn1c(=O)c2[nH]c(C3CCCC3)nc2n2nc(CNC)nc12. The van der Waals surface area contributed by atoms with Crippen molar-refractivity contribution in [3.05, 3.63) is 22.0 Å². The van der Waals surface area contributed by atoms with Crippen molar-refractivity contribution in [2.45, 2.75) is 51.6 Å². The van der Waals surface area contributed by atoms with Crippen LogP contribution in [0.3, 0.4) is 0 Å². The molecule has 8 nitrogen and oxygen atoms in total. The van der Waals surface area contributed by atoms with Gasteiger partial charge in [-0.25, -0.2) is 4.98 Å². The molecule has 0 atom stereocenters. The van der Waals surface area contributed by atoms with Gasteiger partial charge in [0.25, 0.3) is 5.56 Å². The lowest BCUT2D eigenvalue weighted by atomic mass is 10.1. The largest absolute Gasteiger partial charge is 0.336 e. The summed E-state index contributed by atoms with van der Waals surface area (Å²) in [6.45, 7) is 3.04. The molecule has 3 aromatic rings. The summed E-state index contributed by atoms with van der Waals surface area (Å²) < 4.78 is 3.34. The Bertz CT molecular complexity index is 913. The second kappa shape index (κ2) is 5.45. The molecule has 0 saturated heterocycles. The van der Waals surface area contributed by atoms with Crippen LogP contribution in [0.25, 0.3) is 16.9 Å². The van der Waals surface area contributed by atoms with Crippen molar-refractivity contribution in [2.75, 3.05) is 7.05 Å². The Balaban J connectivity index is 1.99. The molecule has 1 saturated carbocycles. The van der Waals surface area contributed by atoms with E-state index < -0.39 is 0 Å². The number of aromatic amines is 1. The lowest BCUT2D eigenvalue weighted by Gasteiger charge is -2.02. The lowest BCUT2D eigenvalue weighted by Crippen LogP contribution is -2.22. The molecule has 23 heavy (non-hydrogen) atoms. The molecular formula is C15H21N7O. The van der Waals surface area contributed by atoms with Crippen molar-refractivity contribution in [1.82, 2.24) is 34.4 Å². The monoisotopic (exact) mass is 315 g/mol. The van der Waals surface area contributed by atoms with Crippen LogP contribution in [0.1, 0.15) is 50.2 Å². The van der Waals surface area contributed by atoms with Gasteiger partial charge in [0.1, 0.15) is 5.82 Å². The summed E-state index contributed by atoms with van der Waals surface area (Å²) in [6, 6.07) is 0. The van der Waals surface area contributed by atoms with Crippen molar-refractivity contribution in [3.63, 3.8) is 0 Å². The third kappa shape index (κ3) is 2.16. The minimum Gasteiger partial charge on any atom is -0.336 e. The van der Waals surface area contributed by atoms with E-state index in [2.05, 4.69) is 20.4 Å². The average Bonchev–Trinajstić information content (AvgIpc) is 3.26. The van der Waals surface area contributed by atoms with Gasteiger partial charge in [0.2, 0.25) is 5.78 Å². The zero-order valence-electron chi connectivity index (χ0n) is 13.5. The maximum atomic E-state index is 12.8. The minimum absolute atomic E-state index is 0.0739. The van der Waals surface area contributed by atoms with Gasteiger partial charge in [-0.3, -0.25) is 9.36 Å². The molecule has 0 aromatic carbocycles. The summed E-state index contributed by atoms with van der Waals surface area (Å²) in [5.41, 5.74) is 1.05. The molecule has 1 aliphatic carbocycles. The predicted octanol–water partition coefficient (Wildman–Crippen LogP) is 1.16. The van der Waals surface area contributed by atoms with E-state index in [0.717, 1.165) is 18.7 Å². The van der Waals surface area contributed by atoms with Crippen LogP contribution < -0.4 is 10.9 Å². The highest BCUT2D eigenvalue weighted by atomic mass is 16.1. The number of hydrogen-bond acceptors (Lipinski definition) is 5. The molecule has 0 radical (unpaired) electrons. The van der Waals surface area contributed by atoms with Crippen molar-refractivity contribution < 1.29 is 0 Å². The summed E-state index contributed by atoms with van der Waals surface area (Å²) in [7, 11) is 1.85. The van der Waals surface area contributed by atoms with Gasteiger partial charge >= 0.3 is 0 Å². The van der Waals surface area contributed by atoms with Gasteiger partial charge in [0.15, 0.2) is 17.0 Å². The third-order valence-corrected chi connectivity index (χ3v) is 4.63. The average molecular weight is 315 g/mol. The van der Waals surface area contributed by atoms with Crippen molar-refractivity contribution in [2.24, 2.45) is 0 Å². The highest BCUT2D eigenvalue weighted by Gasteiger charge is 2.23. The van der Waals surface area contributed by atoms with Gasteiger partial charge in [-0.2, -0.15) is 9.50 Å². The second-order valence-electron chi connectivity index (χ2n) is 6.12. The second-order valence-corrected chi connectivity index (χ2v) is 6.12. The van der Waals surface area contributed by atoms with E-state index in [1.54, 1.807) is 9.08 Å². The number of H-pyrrole nitrogens is 1. The Morgan fingerprint density at radius 3 is 2.78 bits per heavy atom. The standard InChI is InChI=1S/C15H21N7O/c1-3-21-14(23)11-13(19-12(18-11)9-6-4-5-7-9)22-15(21)17-10(20-22)8-16-2/h9,16H,3-8H2,1-2H3,(H,18,19). The fourth-order valence-electron chi connectivity index (χ4n) is 3.48. The maximum Gasteiger partial charge on any atom is 0.281 e. The highest BCUT2D eigenvalue weighted by Crippen LogP contribution is 2.32. The van der Waals surface area contributed by atoms with Crippen LogP contribution in [0.2, 0.25) is 0 Å². The Morgan fingerprint density at radius 1 is 1.30 bits per heavy atom. The first-order valence-corrected chi connectivity index (χ1v) is 8.25. The third-order valence-electron chi connectivity index (χ3n) is 4.63. The highest BCUT2D eigenvalue weighted by molar-refractivity contribution is 5.72. The van der Waals surface area contributed by atoms with Crippen LogP contribution in [0.15, 0.2) is 4.79 Å². The summed E-state index contributed by atoms with van der Waals surface area (Å²) >= 11 is 0. The van der Waals surface area contributed by atoms with E-state index in [1.807, 2.05) is 14.0 Å². The molecular weight excluding hydrogens is 294 g/mol. The van der Waals surface area contributed by atoms with Gasteiger partial charge in [-0.15, -0.1) is 5.10 Å². The number of hydrogen-bond donors (Lipinski definition) is 2. The van der Waals surface area contributed by atoms with E-state index in [4.69, 9.17) is 4.98 Å². The molecule has 1 aliphatic rings. The Labute approximate surface area is 132 Å². The Morgan fingerprint density at radius 2 is 2.09 bits per heavy atom. The molecule has 0 aliphatic heterocycles. The number of nitrogens with zero attached hydrogens (tertiary/aromatic N) is 5. The van der Waals surface area contributed by atoms with Crippen LogP contribution in [0.5, 0.6) is 0 Å². The number of nitrogens with one attached hydrogen (secondary N) is 2. The van der Waals surface area contributed by atoms with Gasteiger partial charge in [0, 0.05) is 12.5 Å². The van der Waals surface area contributed by atoms with E-state index in [0.29, 0.717) is 41.8 Å². The number of fused-ring (bicyclic) bond motifs is 3. The minimum atomic E-state index is -0.0739. The molecule has 3 aromatic heterocycles. The number of aryl methyl sites for hydroxylation is 1. The van der Waals surface area contributed by atoms with Crippen molar-refractivity contribution >= 4 is 16.9 Å². The van der Waals surface area contributed by atoms with E-state index >= 15 is 0 Å². The van der Waals surface area contributed by atoms with Crippen LogP contribution in [0.4, 0.5) is 0 Å². The smallest absolute Gasteiger partial charge is 0.281 e. The molecule has 0 unspecified atom stereocenters. The van der Waals surface area contributed by atoms with Crippen LogP contribution in [0, 0.1) is 0 Å². The molecule has 0 bridgehead atoms. The molecule has 4 rings (SSSR count). The summed E-state index contributed by atoms with van der Waals surface area (Å²) in [5, 5.41) is 7.56. The van der Waals surface area contributed by atoms with Gasteiger partial charge in [0.05, 0.1) is 6.54 Å². The normalized spacial score (nSPS) is 16.1. The quantitative estimate of drug-likeness (QED) is 0.754. The van der Waals surface area contributed by atoms with Gasteiger partial charge in [-0.1, -0.05) is 12.8 Å². The number of aromatic nitrogens is 6. The topological polar surface area (TPSA) is 92.9 Å². The summed E-state index contributed by atoms with van der Waals surface area (Å²) in [4.78, 5) is 25.2. The molecule has 3 heterocycles. The predicted molar refractivity (Wildman–Crippen MR) is 86.5 cm³/mol. The number of rotatable bonds is 4. The van der Waals surface area contributed by atoms with Crippen LogP contribution in [-0.4, -0.2) is 36.2 Å². The lowest BCUT2D eigenvalue weighted by molar-refractivity contribution is 0.680. The molecule has 8 heteroatoms. The van der Waals surface area contributed by atoms with E-state index in [9.17, 15) is 4.79 Å². The van der Waals surface area contributed by atoms with E-state index in [-0.39, 0.29) is 5.56 Å². The Hall–Kier alpha value is -2.22. The zero-order chi connectivity index (χ0) is 16.0. The molecule has 0 amide bonds. The van der Waals surface area contributed by atoms with Gasteiger partial charge in [-0.05, 0) is 26.8 Å². The number of imidazole rings is 1. The first kappa shape index (κ1) is 14.4. The molecule has 0 spiro atoms. The fourth-order valence-corrected chi connectivity index (χ4v) is 3.48. The summed E-state index contributed by atoms with van der Waals surface area (Å²) in [6.07, 6.45) is 4.72. The molecule has 122 valence electrons. The maximum absolute atomic E-state index is 12.8. The molecule has 2 N–H and O–H groups in total. The fraction of sp³-hybridized carbons (Fsp3) is 0.600. The Kier molecular flexibility index (Phi) is 3.41. The van der Waals surface area contributed by atoms with Crippen molar-refractivity contribution in [3.8, 4) is 0 Å². The van der Waals surface area contributed by atoms with Crippen molar-refractivity contribution in [1.29, 1.82) is 0 Å². The van der Waals surface area contributed by atoms with Crippen LogP contribution in [-0.2, 0) is 13.1 Å². The zero-order valence-corrected chi connectivity index (χ0v) is 13.5. The van der Waals surface area contributed by atoms with E-state index in [1.165, 1.54) is 12.8 Å². The first-order valence-electron chi connectivity index (χ1n) is 8.25. The van der Waals surface area contributed by atoms with Crippen LogP contribution >= 0.6 is 0 Å². The van der Waals surface area contributed by atoms with Gasteiger partial charge < -0.3 is 10.3 Å². The summed E-state index contributed by atoms with van der Waals surface area (Å²) in [5.74, 6) is 2.55.